The highest BCUT2D eigenvalue weighted by Crippen LogP contribution is 2.26. The molecular weight excluding hydrogens is 345 g/mol. The van der Waals surface area contributed by atoms with Gasteiger partial charge in [-0.05, 0) is 24.1 Å². The van der Waals surface area contributed by atoms with Gasteiger partial charge in [0.05, 0.1) is 18.1 Å². The Balaban J connectivity index is 1.93. The lowest BCUT2D eigenvalue weighted by Crippen LogP contribution is -2.20. The molecule has 3 rings (SSSR count). The molecule has 2 heterocycles. The van der Waals surface area contributed by atoms with Crippen molar-refractivity contribution < 1.29 is 4.39 Å². The third-order valence-electron chi connectivity index (χ3n) is 4.94. The number of allylic oxidation sites excluding steroid dienone is 1. The summed E-state index contributed by atoms with van der Waals surface area (Å²) in [6.07, 6.45) is 3.32. The van der Waals surface area contributed by atoms with Gasteiger partial charge in [0.1, 0.15) is 0 Å². The van der Waals surface area contributed by atoms with Crippen molar-refractivity contribution >= 4 is 29.0 Å². The van der Waals surface area contributed by atoms with Crippen LogP contribution >= 0.6 is 0 Å². The average molecular weight is 369 g/mol. The molecule has 0 radical (unpaired) electrons. The van der Waals surface area contributed by atoms with Crippen LogP contribution in [0, 0.1) is 16.7 Å². The molecule has 1 fully saturated rings. The molecule has 0 spiro atoms. The van der Waals surface area contributed by atoms with E-state index in [1.807, 2.05) is 11.0 Å². The highest BCUT2D eigenvalue weighted by atomic mass is 19.1. The van der Waals surface area contributed by atoms with Gasteiger partial charge in [-0.15, -0.1) is 0 Å². The summed E-state index contributed by atoms with van der Waals surface area (Å²) in [6, 6.07) is 7.07. The van der Waals surface area contributed by atoms with E-state index in [0.717, 1.165) is 25.0 Å². The molecule has 0 unspecified atom stereocenters. The predicted octanol–water partition coefficient (Wildman–Crippen LogP) is 2.16. The van der Waals surface area contributed by atoms with Gasteiger partial charge in [0.2, 0.25) is 0 Å². The molecule has 8 heteroatoms. The highest BCUT2D eigenvalue weighted by Gasteiger charge is 2.25. The lowest BCUT2D eigenvalue weighted by molar-refractivity contribution is 0.384. The van der Waals surface area contributed by atoms with Gasteiger partial charge in [-0.2, -0.15) is 5.10 Å². The number of nitrogens with two attached hydrogens (primary N) is 2. The number of hydrogen-bond donors (Lipinski definition) is 4. The number of nitrogen functional groups attached to an aromatic ring is 1. The second-order valence-corrected chi connectivity index (χ2v) is 6.71. The van der Waals surface area contributed by atoms with Crippen LogP contribution in [0.3, 0.4) is 0 Å². The quantitative estimate of drug-likeness (QED) is 0.460. The minimum absolute atomic E-state index is 0.0461. The third-order valence-corrected chi connectivity index (χ3v) is 4.94. The summed E-state index contributed by atoms with van der Waals surface area (Å²) in [7, 11) is 1.78. The molecule has 2 aromatic rings. The summed E-state index contributed by atoms with van der Waals surface area (Å²) in [5.74, 6) is 0.787. The molecule has 142 valence electrons. The zero-order valence-corrected chi connectivity index (χ0v) is 15.2. The largest absolute Gasteiger partial charge is 0.404 e. The van der Waals surface area contributed by atoms with Crippen molar-refractivity contribution in [2.75, 3.05) is 30.4 Å². The summed E-state index contributed by atoms with van der Waals surface area (Å²) in [5, 5.41) is 20.6. The zero-order valence-electron chi connectivity index (χ0n) is 15.2. The molecule has 6 N–H and O–H groups in total. The SMILES string of the molecule is Cn1nc(N2CC[C@@H](CF)C2)cc1C(=N)c1cc(/C(C=N)=C/N)ccc1N. The van der Waals surface area contributed by atoms with E-state index in [1.165, 1.54) is 6.20 Å². The molecule has 0 bridgehead atoms. The molecule has 1 aromatic carbocycles. The fourth-order valence-electron chi connectivity index (χ4n) is 3.33. The molecule has 1 saturated heterocycles. The van der Waals surface area contributed by atoms with E-state index >= 15 is 0 Å². The maximum absolute atomic E-state index is 12.9. The van der Waals surface area contributed by atoms with Crippen molar-refractivity contribution in [1.82, 2.24) is 9.78 Å². The molecular formula is C19H24FN7. The fraction of sp³-hybridized carbons (Fsp3) is 0.316. The predicted molar refractivity (Wildman–Crippen MR) is 107 cm³/mol. The Labute approximate surface area is 157 Å². The van der Waals surface area contributed by atoms with Gasteiger partial charge < -0.3 is 21.8 Å². The first-order chi connectivity index (χ1) is 13.0. The van der Waals surface area contributed by atoms with E-state index in [2.05, 4.69) is 5.10 Å². The standard InChI is InChI=1S/C19H24FN7/c1-26-17(7-18(25-26)27-5-4-12(8-20)11-27)19(24)15-6-13(2-3-16(15)23)14(9-21)10-22/h2-3,6-7,9-10,12,21,24H,4-5,8,11,22-23H2,1H3/b14-10+,21-9?,24-19?/t12-/m0/s1. The van der Waals surface area contributed by atoms with Crippen LogP contribution in [0.25, 0.3) is 5.57 Å². The van der Waals surface area contributed by atoms with Crippen molar-refractivity contribution in [2.24, 2.45) is 18.7 Å². The maximum Gasteiger partial charge on any atom is 0.151 e. The number of benzene rings is 1. The molecule has 1 aliphatic rings. The second kappa shape index (κ2) is 7.61. The zero-order chi connectivity index (χ0) is 19.6. The second-order valence-electron chi connectivity index (χ2n) is 6.71. The molecule has 0 aliphatic carbocycles. The third kappa shape index (κ3) is 3.55. The molecule has 7 nitrogen and oxygen atoms in total. The highest BCUT2D eigenvalue weighted by molar-refractivity contribution is 6.15. The average Bonchev–Trinajstić information content (AvgIpc) is 3.30. The van der Waals surface area contributed by atoms with Gasteiger partial charge in [-0.25, -0.2) is 0 Å². The molecule has 1 aromatic heterocycles. The van der Waals surface area contributed by atoms with Crippen LogP contribution in [0.1, 0.15) is 23.2 Å². The van der Waals surface area contributed by atoms with Gasteiger partial charge in [0.25, 0.3) is 0 Å². The molecule has 0 saturated carbocycles. The summed E-state index contributed by atoms with van der Waals surface area (Å²) in [4.78, 5) is 2.05. The number of nitrogens with zero attached hydrogens (tertiary/aromatic N) is 3. The first kappa shape index (κ1) is 18.6. The molecule has 1 atom stereocenters. The van der Waals surface area contributed by atoms with Gasteiger partial charge >= 0.3 is 0 Å². The van der Waals surface area contributed by atoms with E-state index in [0.29, 0.717) is 34.6 Å². The number of alkyl halides is 1. The number of aromatic nitrogens is 2. The summed E-state index contributed by atoms with van der Waals surface area (Å²) < 4.78 is 14.5. The number of anilines is 2. The van der Waals surface area contributed by atoms with Crippen molar-refractivity contribution in [3.05, 3.63) is 47.3 Å². The first-order valence-electron chi connectivity index (χ1n) is 8.75. The lowest BCUT2D eigenvalue weighted by atomic mass is 9.99. The number of hydrogen-bond acceptors (Lipinski definition) is 6. The van der Waals surface area contributed by atoms with Crippen LogP contribution < -0.4 is 16.4 Å². The van der Waals surface area contributed by atoms with Crippen molar-refractivity contribution in [3.8, 4) is 0 Å². The Morgan fingerprint density at radius 2 is 2.19 bits per heavy atom. The van der Waals surface area contributed by atoms with Crippen LogP contribution in [0.15, 0.2) is 30.5 Å². The van der Waals surface area contributed by atoms with Crippen molar-refractivity contribution in [1.29, 1.82) is 10.8 Å². The Morgan fingerprint density at radius 3 is 2.81 bits per heavy atom. The fourth-order valence-corrected chi connectivity index (χ4v) is 3.33. The van der Waals surface area contributed by atoms with Gasteiger partial charge in [-0.1, -0.05) is 6.07 Å². The maximum atomic E-state index is 12.9. The van der Waals surface area contributed by atoms with E-state index in [4.69, 9.17) is 22.3 Å². The molecule has 0 amide bonds. The number of nitrogens with one attached hydrogen (secondary N) is 2. The van der Waals surface area contributed by atoms with Gasteiger partial charge in [0, 0.05) is 61.4 Å². The van der Waals surface area contributed by atoms with Gasteiger partial charge in [0.15, 0.2) is 5.82 Å². The Morgan fingerprint density at radius 1 is 1.41 bits per heavy atom. The van der Waals surface area contributed by atoms with Gasteiger partial charge in [-0.3, -0.25) is 14.5 Å². The van der Waals surface area contributed by atoms with Crippen LogP contribution in [0.5, 0.6) is 0 Å². The van der Waals surface area contributed by atoms with Crippen LogP contribution in [-0.2, 0) is 7.05 Å². The number of aryl methyl sites for hydroxylation is 1. The van der Waals surface area contributed by atoms with E-state index in [-0.39, 0.29) is 18.3 Å². The smallest absolute Gasteiger partial charge is 0.151 e. The Bertz CT molecular complexity index is 899. The monoisotopic (exact) mass is 369 g/mol. The summed E-state index contributed by atoms with van der Waals surface area (Å²) in [6.45, 7) is 1.08. The van der Waals surface area contributed by atoms with Crippen LogP contribution in [0.4, 0.5) is 15.9 Å². The first-order valence-corrected chi connectivity index (χ1v) is 8.75. The van der Waals surface area contributed by atoms with Crippen LogP contribution in [-0.4, -0.2) is 41.5 Å². The number of halogens is 1. The normalized spacial score (nSPS) is 17.3. The van der Waals surface area contributed by atoms with Crippen molar-refractivity contribution in [3.63, 3.8) is 0 Å². The summed E-state index contributed by atoms with van der Waals surface area (Å²) in [5.41, 5.74) is 14.8. The topological polar surface area (TPSA) is 121 Å². The lowest BCUT2D eigenvalue weighted by Gasteiger charge is -2.14. The Hall–Kier alpha value is -3.16. The Kier molecular flexibility index (Phi) is 5.25. The van der Waals surface area contributed by atoms with Crippen molar-refractivity contribution in [2.45, 2.75) is 6.42 Å². The van der Waals surface area contributed by atoms with E-state index in [9.17, 15) is 4.39 Å². The number of rotatable bonds is 6. The summed E-state index contributed by atoms with van der Waals surface area (Å²) >= 11 is 0. The minimum atomic E-state index is -0.320. The molecule has 27 heavy (non-hydrogen) atoms. The van der Waals surface area contributed by atoms with E-state index < -0.39 is 0 Å². The van der Waals surface area contributed by atoms with E-state index in [1.54, 1.807) is 29.9 Å². The molecule has 1 aliphatic heterocycles. The minimum Gasteiger partial charge on any atom is -0.404 e. The van der Waals surface area contributed by atoms with Crippen LogP contribution in [0.2, 0.25) is 0 Å².